The van der Waals surface area contributed by atoms with Crippen LogP contribution in [0, 0.1) is 35.3 Å². The minimum atomic E-state index is -0.440. The lowest BCUT2D eigenvalue weighted by Crippen LogP contribution is -2.10. The third kappa shape index (κ3) is 3.87. The van der Waals surface area contributed by atoms with Crippen LogP contribution in [0.2, 0.25) is 0 Å². The molecule has 0 bridgehead atoms. The summed E-state index contributed by atoms with van der Waals surface area (Å²) >= 11 is 0. The van der Waals surface area contributed by atoms with Gasteiger partial charge in [-0.05, 0) is 49.2 Å². The number of anilines is 2. The first-order valence-electron chi connectivity index (χ1n) is 11.4. The van der Waals surface area contributed by atoms with E-state index in [-0.39, 0.29) is 5.69 Å². The molecule has 5 rings (SSSR count). The zero-order valence-electron chi connectivity index (χ0n) is 20.1. The van der Waals surface area contributed by atoms with Crippen molar-refractivity contribution in [3.05, 3.63) is 105 Å². The number of hydrogen-bond acceptors (Lipinski definition) is 6. The van der Waals surface area contributed by atoms with E-state index in [1.165, 1.54) is 13.2 Å². The van der Waals surface area contributed by atoms with Gasteiger partial charge in [0.15, 0.2) is 5.65 Å². The van der Waals surface area contributed by atoms with Crippen LogP contribution in [0.15, 0.2) is 66.7 Å². The van der Waals surface area contributed by atoms with Crippen molar-refractivity contribution >= 4 is 33.9 Å². The Bertz CT molecular complexity index is 1680. The zero-order valence-corrected chi connectivity index (χ0v) is 20.1. The van der Waals surface area contributed by atoms with Gasteiger partial charge in [-0.1, -0.05) is 42.0 Å². The summed E-state index contributed by atoms with van der Waals surface area (Å²) in [6.45, 7) is 3.93. The average Bonchev–Trinajstić information content (AvgIpc) is 3.26. The van der Waals surface area contributed by atoms with Crippen molar-refractivity contribution in [3.8, 4) is 11.8 Å². The van der Waals surface area contributed by atoms with Gasteiger partial charge in [-0.3, -0.25) is 14.5 Å². The lowest BCUT2D eigenvalue weighted by molar-refractivity contribution is -0.384. The second-order valence-electron chi connectivity index (χ2n) is 8.63. The Morgan fingerprint density at radius 1 is 1.11 bits per heavy atom. The highest BCUT2D eigenvalue weighted by Gasteiger charge is 2.24. The number of benzene rings is 3. The zero-order chi connectivity index (χ0) is 25.4. The molecule has 0 aliphatic carbocycles. The number of para-hydroxylation sites is 2. The minimum absolute atomic E-state index is 0.116. The fourth-order valence-corrected chi connectivity index (χ4v) is 4.47. The van der Waals surface area contributed by atoms with E-state index in [0.717, 1.165) is 33.3 Å². The molecular formula is C28H23N5O3. The number of nitro groups is 1. The Morgan fingerprint density at radius 2 is 1.86 bits per heavy atom. The minimum Gasteiger partial charge on any atom is -0.496 e. The van der Waals surface area contributed by atoms with Crippen LogP contribution in [0.25, 0.3) is 16.7 Å². The van der Waals surface area contributed by atoms with E-state index in [0.29, 0.717) is 34.9 Å². The van der Waals surface area contributed by atoms with Gasteiger partial charge in [0.25, 0.3) is 5.69 Å². The van der Waals surface area contributed by atoms with Crippen LogP contribution in [0.5, 0.6) is 5.75 Å². The molecule has 0 unspecified atom stereocenters. The Balaban J connectivity index is 1.83. The molecule has 3 aromatic carbocycles. The third-order valence-electron chi connectivity index (χ3n) is 6.39. The quantitative estimate of drug-likeness (QED) is 0.230. The molecule has 0 aliphatic heterocycles. The van der Waals surface area contributed by atoms with E-state index in [1.54, 1.807) is 12.1 Å². The molecule has 0 fully saturated rings. The average molecular weight is 478 g/mol. The number of nitrogens with one attached hydrogen (secondary N) is 1. The topological polar surface area (TPSA) is 105 Å². The Hall–Kier alpha value is -4.90. The molecule has 0 atom stereocenters. The summed E-state index contributed by atoms with van der Waals surface area (Å²) in [7, 11) is 1.47. The van der Waals surface area contributed by atoms with Crippen molar-refractivity contribution in [3.63, 3.8) is 0 Å². The standard InChI is InChI=1S/C28H23N5O3/c1-17-8-10-19(11-9-17)14-21-18(2)22(16-29)28-30-23-6-4-5-7-25(23)32(28)27(21)31-24-13-12-20(36-3)15-26(24)33(34)35/h4-13,15,31H,14H2,1-3H3. The largest absolute Gasteiger partial charge is 0.496 e. The van der Waals surface area contributed by atoms with Gasteiger partial charge < -0.3 is 10.1 Å². The van der Waals surface area contributed by atoms with E-state index in [2.05, 4.69) is 23.5 Å². The molecule has 2 heterocycles. The van der Waals surface area contributed by atoms with Crippen LogP contribution in [0.1, 0.15) is 27.8 Å². The number of aryl methyl sites for hydroxylation is 1. The molecule has 36 heavy (non-hydrogen) atoms. The van der Waals surface area contributed by atoms with Crippen molar-refractivity contribution in [2.24, 2.45) is 0 Å². The second kappa shape index (κ2) is 9.04. The van der Waals surface area contributed by atoms with Gasteiger partial charge >= 0.3 is 0 Å². The summed E-state index contributed by atoms with van der Waals surface area (Å²) in [5, 5.41) is 25.4. The lowest BCUT2D eigenvalue weighted by Gasteiger charge is -2.19. The number of fused-ring (bicyclic) bond motifs is 3. The number of nitriles is 1. The molecule has 0 saturated carbocycles. The van der Waals surface area contributed by atoms with Crippen molar-refractivity contribution in [2.45, 2.75) is 20.3 Å². The van der Waals surface area contributed by atoms with Gasteiger partial charge in [-0.25, -0.2) is 4.98 Å². The number of imidazole rings is 1. The molecule has 0 saturated heterocycles. The smallest absolute Gasteiger partial charge is 0.296 e. The number of pyridine rings is 1. The maximum absolute atomic E-state index is 11.9. The molecule has 5 aromatic rings. The highest BCUT2D eigenvalue weighted by atomic mass is 16.6. The van der Waals surface area contributed by atoms with Crippen molar-refractivity contribution < 1.29 is 9.66 Å². The van der Waals surface area contributed by atoms with E-state index < -0.39 is 4.92 Å². The monoisotopic (exact) mass is 477 g/mol. The molecular weight excluding hydrogens is 454 g/mol. The van der Waals surface area contributed by atoms with Crippen LogP contribution in [-0.2, 0) is 6.42 Å². The van der Waals surface area contributed by atoms with E-state index in [1.807, 2.05) is 54.6 Å². The number of rotatable bonds is 6. The van der Waals surface area contributed by atoms with Crippen LogP contribution in [0.3, 0.4) is 0 Å². The maximum atomic E-state index is 11.9. The predicted molar refractivity (Wildman–Crippen MR) is 139 cm³/mol. The molecule has 2 aromatic heterocycles. The summed E-state index contributed by atoms with van der Waals surface area (Å²) in [5.41, 5.74) is 6.55. The first kappa shape index (κ1) is 22.9. The van der Waals surface area contributed by atoms with E-state index in [9.17, 15) is 15.4 Å². The van der Waals surface area contributed by atoms with Gasteiger partial charge in [-0.2, -0.15) is 5.26 Å². The molecule has 0 aliphatic rings. The summed E-state index contributed by atoms with van der Waals surface area (Å²) in [5.74, 6) is 1.02. The predicted octanol–water partition coefficient (Wildman–Crippen LogP) is 6.23. The highest BCUT2D eigenvalue weighted by molar-refractivity contribution is 5.87. The Labute approximate surface area is 207 Å². The first-order valence-corrected chi connectivity index (χ1v) is 11.4. The van der Waals surface area contributed by atoms with Crippen LogP contribution >= 0.6 is 0 Å². The maximum Gasteiger partial charge on any atom is 0.296 e. The van der Waals surface area contributed by atoms with Crippen LogP contribution in [0.4, 0.5) is 17.2 Å². The lowest BCUT2D eigenvalue weighted by atomic mass is 9.97. The van der Waals surface area contributed by atoms with Gasteiger partial charge in [0, 0.05) is 12.0 Å². The van der Waals surface area contributed by atoms with Gasteiger partial charge in [0.2, 0.25) is 0 Å². The molecule has 0 amide bonds. The molecule has 178 valence electrons. The van der Waals surface area contributed by atoms with E-state index in [4.69, 9.17) is 9.72 Å². The van der Waals surface area contributed by atoms with Gasteiger partial charge in [0.05, 0.1) is 34.7 Å². The van der Waals surface area contributed by atoms with E-state index >= 15 is 0 Å². The fourth-order valence-electron chi connectivity index (χ4n) is 4.47. The van der Waals surface area contributed by atoms with Crippen LogP contribution in [-0.4, -0.2) is 21.4 Å². The SMILES string of the molecule is COc1ccc(Nc2c(Cc3ccc(C)cc3)c(C)c(C#N)c3nc4ccccc4n23)c([N+](=O)[O-])c1. The van der Waals surface area contributed by atoms with Gasteiger partial charge in [-0.15, -0.1) is 0 Å². The second-order valence-corrected chi connectivity index (χ2v) is 8.63. The third-order valence-corrected chi connectivity index (χ3v) is 6.39. The normalized spacial score (nSPS) is 10.9. The highest BCUT2D eigenvalue weighted by Crippen LogP contribution is 2.37. The number of ether oxygens (including phenoxy) is 1. The van der Waals surface area contributed by atoms with Crippen molar-refractivity contribution in [1.82, 2.24) is 9.38 Å². The summed E-state index contributed by atoms with van der Waals surface area (Å²) < 4.78 is 7.09. The van der Waals surface area contributed by atoms with Gasteiger partial charge in [0.1, 0.15) is 23.3 Å². The number of hydrogen-bond donors (Lipinski definition) is 1. The fraction of sp³-hybridized carbons (Fsp3) is 0.143. The number of nitro benzene ring substituents is 1. The van der Waals surface area contributed by atoms with Crippen molar-refractivity contribution in [1.29, 1.82) is 5.26 Å². The summed E-state index contributed by atoms with van der Waals surface area (Å²) in [6.07, 6.45) is 0.523. The summed E-state index contributed by atoms with van der Waals surface area (Å²) in [6, 6.07) is 22.8. The number of aromatic nitrogens is 2. The molecule has 0 radical (unpaired) electrons. The van der Waals surface area contributed by atoms with Crippen molar-refractivity contribution in [2.75, 3.05) is 12.4 Å². The number of nitrogens with zero attached hydrogens (tertiary/aromatic N) is 4. The molecule has 8 heteroatoms. The summed E-state index contributed by atoms with van der Waals surface area (Å²) in [4.78, 5) is 16.2. The molecule has 0 spiro atoms. The number of methoxy groups -OCH3 is 1. The molecule has 1 N–H and O–H groups in total. The first-order chi connectivity index (χ1) is 17.4. The van der Waals surface area contributed by atoms with Crippen LogP contribution < -0.4 is 10.1 Å². The Kier molecular flexibility index (Phi) is 5.74. The Morgan fingerprint density at radius 3 is 2.56 bits per heavy atom. The molecule has 8 nitrogen and oxygen atoms in total.